The lowest BCUT2D eigenvalue weighted by Crippen LogP contribution is -2.16. The molecule has 0 fully saturated rings. The predicted octanol–water partition coefficient (Wildman–Crippen LogP) is 4.11. The molecule has 2 rings (SSSR count). The molecular formula is C14H22N4S. The lowest BCUT2D eigenvalue weighted by Gasteiger charge is -2.15. The third-order valence-electron chi connectivity index (χ3n) is 3.17. The summed E-state index contributed by atoms with van der Waals surface area (Å²) < 4.78 is 0. The summed E-state index contributed by atoms with van der Waals surface area (Å²) in [7, 11) is 1.85. The van der Waals surface area contributed by atoms with Crippen molar-refractivity contribution in [1.29, 1.82) is 0 Å². The lowest BCUT2D eigenvalue weighted by atomic mass is 10.1. The van der Waals surface area contributed by atoms with E-state index in [0.29, 0.717) is 12.0 Å². The summed E-state index contributed by atoms with van der Waals surface area (Å²) in [6, 6.07) is 2.52. The number of hydrogen-bond acceptors (Lipinski definition) is 5. The molecule has 0 bridgehead atoms. The Morgan fingerprint density at radius 2 is 2.16 bits per heavy atom. The van der Waals surface area contributed by atoms with Crippen LogP contribution in [0.3, 0.4) is 0 Å². The number of nitrogens with zero attached hydrogens (tertiary/aromatic N) is 2. The SMILES string of the molecule is CCCCCC(C)Nc1nc(NC)nc2sccc12. The maximum absolute atomic E-state index is 4.53. The van der Waals surface area contributed by atoms with E-state index in [1.165, 1.54) is 25.7 Å². The van der Waals surface area contributed by atoms with Crippen molar-refractivity contribution in [2.75, 3.05) is 17.7 Å². The van der Waals surface area contributed by atoms with Crippen molar-refractivity contribution in [2.24, 2.45) is 0 Å². The highest BCUT2D eigenvalue weighted by atomic mass is 32.1. The number of thiophene rings is 1. The minimum atomic E-state index is 0.439. The maximum atomic E-state index is 4.53. The molecule has 2 aromatic heterocycles. The molecule has 0 aliphatic carbocycles. The van der Waals surface area contributed by atoms with Crippen molar-refractivity contribution in [3.63, 3.8) is 0 Å². The molecule has 0 spiro atoms. The number of hydrogen-bond donors (Lipinski definition) is 2. The summed E-state index contributed by atoms with van der Waals surface area (Å²) >= 11 is 1.65. The Labute approximate surface area is 118 Å². The van der Waals surface area contributed by atoms with Crippen LogP contribution in [0.1, 0.15) is 39.5 Å². The third kappa shape index (κ3) is 3.56. The molecule has 0 radical (unpaired) electrons. The Kier molecular flexibility index (Phi) is 4.96. The molecular weight excluding hydrogens is 256 g/mol. The molecule has 4 nitrogen and oxygen atoms in total. The molecule has 0 saturated heterocycles. The van der Waals surface area contributed by atoms with Crippen molar-refractivity contribution < 1.29 is 0 Å². The first-order valence-electron chi connectivity index (χ1n) is 6.94. The van der Waals surface area contributed by atoms with Crippen LogP contribution in [0.5, 0.6) is 0 Å². The topological polar surface area (TPSA) is 49.8 Å². The molecule has 1 unspecified atom stereocenters. The largest absolute Gasteiger partial charge is 0.367 e. The lowest BCUT2D eigenvalue weighted by molar-refractivity contribution is 0.614. The first-order valence-corrected chi connectivity index (χ1v) is 7.82. The molecule has 0 amide bonds. The minimum absolute atomic E-state index is 0.439. The molecule has 2 N–H and O–H groups in total. The van der Waals surface area contributed by atoms with E-state index in [4.69, 9.17) is 0 Å². The van der Waals surface area contributed by atoms with Gasteiger partial charge in [-0.15, -0.1) is 11.3 Å². The van der Waals surface area contributed by atoms with Gasteiger partial charge in [0.25, 0.3) is 0 Å². The average Bonchev–Trinajstić information content (AvgIpc) is 2.87. The molecule has 0 aliphatic heterocycles. The molecule has 0 saturated carbocycles. The van der Waals surface area contributed by atoms with Gasteiger partial charge in [0.1, 0.15) is 10.6 Å². The molecule has 1 atom stereocenters. The predicted molar refractivity (Wildman–Crippen MR) is 84.2 cm³/mol. The van der Waals surface area contributed by atoms with E-state index in [-0.39, 0.29) is 0 Å². The fourth-order valence-electron chi connectivity index (χ4n) is 2.08. The minimum Gasteiger partial charge on any atom is -0.367 e. The van der Waals surface area contributed by atoms with Crippen LogP contribution in [0.25, 0.3) is 10.2 Å². The highest BCUT2D eigenvalue weighted by Crippen LogP contribution is 2.27. The van der Waals surface area contributed by atoms with Crippen LogP contribution in [-0.4, -0.2) is 23.1 Å². The Hall–Kier alpha value is -1.36. The summed E-state index contributed by atoms with van der Waals surface area (Å²) in [5.74, 6) is 1.62. The average molecular weight is 278 g/mol. The maximum Gasteiger partial charge on any atom is 0.225 e. The van der Waals surface area contributed by atoms with Gasteiger partial charge in [0.15, 0.2) is 0 Å². The van der Waals surface area contributed by atoms with Gasteiger partial charge < -0.3 is 10.6 Å². The standard InChI is InChI=1S/C14H22N4S/c1-4-5-6-7-10(2)16-12-11-8-9-19-13(11)18-14(15-3)17-12/h8-10H,4-7H2,1-3H3,(H2,15,16,17,18). The first-order chi connectivity index (χ1) is 9.24. The van der Waals surface area contributed by atoms with E-state index in [2.05, 4.69) is 45.9 Å². The normalized spacial score (nSPS) is 12.6. The number of nitrogens with one attached hydrogen (secondary N) is 2. The van der Waals surface area contributed by atoms with Crippen molar-refractivity contribution in [3.8, 4) is 0 Å². The van der Waals surface area contributed by atoms with Crippen LogP contribution in [-0.2, 0) is 0 Å². The van der Waals surface area contributed by atoms with Gasteiger partial charge in [-0.1, -0.05) is 26.2 Å². The molecule has 19 heavy (non-hydrogen) atoms. The van der Waals surface area contributed by atoms with Crippen molar-refractivity contribution in [3.05, 3.63) is 11.4 Å². The fourth-order valence-corrected chi connectivity index (χ4v) is 2.85. The van der Waals surface area contributed by atoms with Crippen LogP contribution in [0.15, 0.2) is 11.4 Å². The zero-order chi connectivity index (χ0) is 13.7. The Morgan fingerprint density at radius 1 is 1.32 bits per heavy atom. The zero-order valence-corrected chi connectivity index (χ0v) is 12.7. The smallest absolute Gasteiger partial charge is 0.225 e. The first kappa shape index (κ1) is 14.1. The van der Waals surface area contributed by atoms with Gasteiger partial charge in [-0.3, -0.25) is 0 Å². The second-order valence-electron chi connectivity index (χ2n) is 4.83. The second kappa shape index (κ2) is 6.70. The summed E-state index contributed by atoms with van der Waals surface area (Å²) in [6.07, 6.45) is 5.00. The molecule has 2 aromatic rings. The van der Waals surface area contributed by atoms with Crippen LogP contribution >= 0.6 is 11.3 Å². The third-order valence-corrected chi connectivity index (χ3v) is 3.98. The van der Waals surface area contributed by atoms with Gasteiger partial charge in [0, 0.05) is 13.1 Å². The van der Waals surface area contributed by atoms with Gasteiger partial charge in [0.05, 0.1) is 5.39 Å². The van der Waals surface area contributed by atoms with Crippen LogP contribution < -0.4 is 10.6 Å². The molecule has 104 valence electrons. The second-order valence-corrected chi connectivity index (χ2v) is 5.72. The van der Waals surface area contributed by atoms with E-state index in [9.17, 15) is 0 Å². The van der Waals surface area contributed by atoms with E-state index >= 15 is 0 Å². The summed E-state index contributed by atoms with van der Waals surface area (Å²) in [4.78, 5) is 10.0. The monoisotopic (exact) mass is 278 g/mol. The summed E-state index contributed by atoms with van der Waals surface area (Å²) in [5, 5.41) is 9.72. The van der Waals surface area contributed by atoms with Crippen molar-refractivity contribution >= 4 is 33.3 Å². The number of fused-ring (bicyclic) bond motifs is 1. The van der Waals surface area contributed by atoms with Crippen LogP contribution in [0, 0.1) is 0 Å². The molecule has 2 heterocycles. The Morgan fingerprint density at radius 3 is 2.89 bits per heavy atom. The summed E-state index contributed by atoms with van der Waals surface area (Å²) in [5.41, 5.74) is 0. The Bertz CT molecular complexity index is 523. The van der Waals surface area contributed by atoms with Gasteiger partial charge >= 0.3 is 0 Å². The van der Waals surface area contributed by atoms with Crippen LogP contribution in [0.4, 0.5) is 11.8 Å². The van der Waals surface area contributed by atoms with Gasteiger partial charge in [-0.2, -0.15) is 4.98 Å². The van der Waals surface area contributed by atoms with E-state index in [1.54, 1.807) is 11.3 Å². The van der Waals surface area contributed by atoms with E-state index in [1.807, 2.05) is 7.05 Å². The quantitative estimate of drug-likeness (QED) is 0.748. The number of rotatable bonds is 7. The van der Waals surface area contributed by atoms with Crippen molar-refractivity contribution in [1.82, 2.24) is 9.97 Å². The zero-order valence-electron chi connectivity index (χ0n) is 11.9. The number of anilines is 2. The van der Waals surface area contributed by atoms with E-state index < -0.39 is 0 Å². The van der Waals surface area contributed by atoms with Crippen molar-refractivity contribution in [2.45, 2.75) is 45.6 Å². The fraction of sp³-hybridized carbons (Fsp3) is 0.571. The molecule has 0 aliphatic rings. The van der Waals surface area contributed by atoms with Gasteiger partial charge in [0.2, 0.25) is 5.95 Å². The van der Waals surface area contributed by atoms with Crippen LogP contribution in [0.2, 0.25) is 0 Å². The highest BCUT2D eigenvalue weighted by molar-refractivity contribution is 7.16. The molecule has 5 heteroatoms. The van der Waals surface area contributed by atoms with Gasteiger partial charge in [-0.25, -0.2) is 4.98 Å². The summed E-state index contributed by atoms with van der Waals surface area (Å²) in [6.45, 7) is 4.45. The number of unbranched alkanes of at least 4 members (excludes halogenated alkanes) is 2. The van der Waals surface area contributed by atoms with E-state index in [0.717, 1.165) is 16.0 Å². The number of aromatic nitrogens is 2. The molecule has 0 aromatic carbocycles. The Balaban J connectivity index is 2.12. The highest BCUT2D eigenvalue weighted by Gasteiger charge is 2.10. The van der Waals surface area contributed by atoms with Gasteiger partial charge in [-0.05, 0) is 24.8 Å².